The standard InChI is InChI=1S/C18H16ClNO/c1-20-10-14-9-18-13(5-6-21-18)8-16(14)17(11-20)12-3-2-4-15(19)7-12/h2-9,17H,10-11H2,1H3. The zero-order chi connectivity index (χ0) is 14.4. The number of benzene rings is 2. The molecule has 2 nitrogen and oxygen atoms in total. The Bertz CT molecular complexity index is 808. The molecular weight excluding hydrogens is 282 g/mol. The van der Waals surface area contributed by atoms with Gasteiger partial charge in [-0.3, -0.25) is 0 Å². The van der Waals surface area contributed by atoms with Gasteiger partial charge in [-0.1, -0.05) is 23.7 Å². The van der Waals surface area contributed by atoms with Crippen LogP contribution in [0.5, 0.6) is 0 Å². The highest BCUT2D eigenvalue weighted by Crippen LogP contribution is 2.36. The van der Waals surface area contributed by atoms with E-state index in [0.717, 1.165) is 23.7 Å². The largest absolute Gasteiger partial charge is 0.464 e. The molecule has 2 heterocycles. The fraction of sp³-hybridized carbons (Fsp3) is 0.222. The minimum atomic E-state index is 0.358. The summed E-state index contributed by atoms with van der Waals surface area (Å²) in [5, 5.41) is 1.97. The van der Waals surface area contributed by atoms with Crippen LogP contribution >= 0.6 is 11.6 Å². The van der Waals surface area contributed by atoms with Crippen molar-refractivity contribution in [1.29, 1.82) is 0 Å². The van der Waals surface area contributed by atoms with Crippen LogP contribution in [0.4, 0.5) is 0 Å². The monoisotopic (exact) mass is 297 g/mol. The normalized spacial score (nSPS) is 18.9. The van der Waals surface area contributed by atoms with Crippen LogP contribution in [0.1, 0.15) is 22.6 Å². The quantitative estimate of drug-likeness (QED) is 0.649. The fourth-order valence-corrected chi connectivity index (χ4v) is 3.50. The molecule has 0 bridgehead atoms. The summed E-state index contributed by atoms with van der Waals surface area (Å²) in [6.07, 6.45) is 1.76. The summed E-state index contributed by atoms with van der Waals surface area (Å²) in [5.74, 6) is 0.358. The van der Waals surface area contributed by atoms with Crippen molar-refractivity contribution < 1.29 is 4.42 Å². The number of fused-ring (bicyclic) bond motifs is 2. The lowest BCUT2D eigenvalue weighted by Crippen LogP contribution is -2.30. The van der Waals surface area contributed by atoms with Crippen LogP contribution in [0.3, 0.4) is 0 Å². The lowest BCUT2D eigenvalue weighted by molar-refractivity contribution is 0.295. The van der Waals surface area contributed by atoms with E-state index in [9.17, 15) is 0 Å². The molecule has 4 rings (SSSR count). The summed E-state index contributed by atoms with van der Waals surface area (Å²) in [4.78, 5) is 2.35. The third-order valence-corrected chi connectivity index (χ3v) is 4.51. The topological polar surface area (TPSA) is 16.4 Å². The van der Waals surface area contributed by atoms with E-state index in [1.165, 1.54) is 22.1 Å². The van der Waals surface area contributed by atoms with E-state index in [2.05, 4.69) is 36.2 Å². The Hall–Kier alpha value is -1.77. The first-order valence-corrected chi connectivity index (χ1v) is 7.52. The molecule has 0 amide bonds. The van der Waals surface area contributed by atoms with E-state index >= 15 is 0 Å². The Kier molecular flexibility index (Phi) is 3.02. The van der Waals surface area contributed by atoms with Crippen LogP contribution in [-0.4, -0.2) is 18.5 Å². The van der Waals surface area contributed by atoms with Crippen LogP contribution in [0.2, 0.25) is 5.02 Å². The van der Waals surface area contributed by atoms with E-state index in [4.69, 9.17) is 16.0 Å². The molecule has 106 valence electrons. The molecule has 0 saturated heterocycles. The van der Waals surface area contributed by atoms with Gasteiger partial charge in [-0.15, -0.1) is 0 Å². The highest BCUT2D eigenvalue weighted by molar-refractivity contribution is 6.30. The Morgan fingerprint density at radius 2 is 2.10 bits per heavy atom. The summed E-state index contributed by atoms with van der Waals surface area (Å²) in [5.41, 5.74) is 4.98. The zero-order valence-electron chi connectivity index (χ0n) is 11.8. The summed E-state index contributed by atoms with van der Waals surface area (Å²) >= 11 is 6.18. The van der Waals surface area contributed by atoms with Crippen molar-refractivity contribution in [3.8, 4) is 0 Å². The Morgan fingerprint density at radius 1 is 1.19 bits per heavy atom. The van der Waals surface area contributed by atoms with Crippen molar-refractivity contribution >= 4 is 22.6 Å². The number of hydrogen-bond acceptors (Lipinski definition) is 2. The van der Waals surface area contributed by atoms with Crippen molar-refractivity contribution in [2.75, 3.05) is 13.6 Å². The van der Waals surface area contributed by atoms with Gasteiger partial charge in [0.15, 0.2) is 0 Å². The third kappa shape index (κ3) is 2.25. The summed E-state index contributed by atoms with van der Waals surface area (Å²) in [6, 6.07) is 14.7. The molecule has 2 aromatic carbocycles. The fourth-order valence-electron chi connectivity index (χ4n) is 3.30. The molecule has 0 aliphatic carbocycles. The first-order valence-electron chi connectivity index (χ1n) is 7.15. The van der Waals surface area contributed by atoms with Gasteiger partial charge in [-0.05, 0) is 54.1 Å². The minimum Gasteiger partial charge on any atom is -0.464 e. The average Bonchev–Trinajstić information content (AvgIpc) is 2.91. The van der Waals surface area contributed by atoms with Gasteiger partial charge in [-0.25, -0.2) is 0 Å². The summed E-state index contributed by atoms with van der Waals surface area (Å²) < 4.78 is 5.54. The second-order valence-electron chi connectivity index (χ2n) is 5.81. The second kappa shape index (κ2) is 4.90. The maximum atomic E-state index is 6.18. The lowest BCUT2D eigenvalue weighted by Gasteiger charge is -2.32. The van der Waals surface area contributed by atoms with Crippen molar-refractivity contribution in [1.82, 2.24) is 4.90 Å². The van der Waals surface area contributed by atoms with Crippen molar-refractivity contribution in [3.05, 3.63) is 70.4 Å². The van der Waals surface area contributed by atoms with E-state index in [1.54, 1.807) is 6.26 Å². The molecular formula is C18H16ClNO. The third-order valence-electron chi connectivity index (χ3n) is 4.28. The van der Waals surface area contributed by atoms with E-state index in [-0.39, 0.29) is 0 Å². The molecule has 1 aliphatic rings. The van der Waals surface area contributed by atoms with Gasteiger partial charge in [0.05, 0.1) is 6.26 Å². The molecule has 21 heavy (non-hydrogen) atoms. The number of nitrogens with zero attached hydrogens (tertiary/aromatic N) is 1. The highest BCUT2D eigenvalue weighted by atomic mass is 35.5. The van der Waals surface area contributed by atoms with Crippen LogP contribution in [0, 0.1) is 0 Å². The van der Waals surface area contributed by atoms with Crippen molar-refractivity contribution in [2.45, 2.75) is 12.5 Å². The molecule has 0 fully saturated rings. The molecule has 0 N–H and O–H groups in total. The minimum absolute atomic E-state index is 0.358. The summed E-state index contributed by atoms with van der Waals surface area (Å²) in [6.45, 7) is 1.97. The van der Waals surface area contributed by atoms with Crippen LogP contribution in [-0.2, 0) is 6.54 Å². The molecule has 1 aromatic heterocycles. The molecule has 1 unspecified atom stereocenters. The predicted octanol–water partition coefficient (Wildman–Crippen LogP) is 4.66. The Balaban J connectivity index is 1.89. The molecule has 0 saturated carbocycles. The lowest BCUT2D eigenvalue weighted by atomic mass is 9.84. The van der Waals surface area contributed by atoms with Crippen LogP contribution in [0.15, 0.2) is 53.1 Å². The first-order chi connectivity index (χ1) is 10.2. The van der Waals surface area contributed by atoms with Gasteiger partial charge in [0.2, 0.25) is 0 Å². The van der Waals surface area contributed by atoms with Gasteiger partial charge in [-0.2, -0.15) is 0 Å². The van der Waals surface area contributed by atoms with E-state index in [0.29, 0.717) is 5.92 Å². The number of likely N-dealkylation sites (N-methyl/N-ethyl adjacent to an activating group) is 1. The Morgan fingerprint density at radius 3 is 2.95 bits per heavy atom. The number of rotatable bonds is 1. The van der Waals surface area contributed by atoms with Gasteiger partial charge < -0.3 is 9.32 Å². The smallest absolute Gasteiger partial charge is 0.134 e. The molecule has 1 aliphatic heterocycles. The molecule has 0 spiro atoms. The van der Waals surface area contributed by atoms with E-state index in [1.807, 2.05) is 18.2 Å². The average molecular weight is 298 g/mol. The zero-order valence-corrected chi connectivity index (χ0v) is 12.6. The number of halogens is 1. The Labute approximate surface area is 128 Å². The highest BCUT2D eigenvalue weighted by Gasteiger charge is 2.25. The molecule has 3 heteroatoms. The number of furan rings is 1. The molecule has 0 radical (unpaired) electrons. The maximum absolute atomic E-state index is 6.18. The first kappa shape index (κ1) is 12.9. The second-order valence-corrected chi connectivity index (χ2v) is 6.25. The van der Waals surface area contributed by atoms with Crippen LogP contribution < -0.4 is 0 Å². The summed E-state index contributed by atoms with van der Waals surface area (Å²) in [7, 11) is 2.16. The number of hydrogen-bond donors (Lipinski definition) is 0. The van der Waals surface area contributed by atoms with E-state index < -0.39 is 0 Å². The molecule has 1 atom stereocenters. The van der Waals surface area contributed by atoms with Gasteiger partial charge >= 0.3 is 0 Å². The van der Waals surface area contributed by atoms with Gasteiger partial charge in [0.1, 0.15) is 5.58 Å². The van der Waals surface area contributed by atoms with Crippen LogP contribution in [0.25, 0.3) is 11.0 Å². The SMILES string of the molecule is CN1Cc2cc3occc3cc2C(c2cccc(Cl)c2)C1. The predicted molar refractivity (Wildman–Crippen MR) is 85.8 cm³/mol. The maximum Gasteiger partial charge on any atom is 0.134 e. The molecule has 3 aromatic rings. The van der Waals surface area contributed by atoms with Crippen molar-refractivity contribution in [3.63, 3.8) is 0 Å². The van der Waals surface area contributed by atoms with Gasteiger partial charge in [0, 0.05) is 29.4 Å². The van der Waals surface area contributed by atoms with Gasteiger partial charge in [0.25, 0.3) is 0 Å². The van der Waals surface area contributed by atoms with Crippen molar-refractivity contribution in [2.24, 2.45) is 0 Å².